The van der Waals surface area contributed by atoms with Gasteiger partial charge < -0.3 is 20.5 Å². The summed E-state index contributed by atoms with van der Waals surface area (Å²) in [6.07, 6.45) is 28.9. The van der Waals surface area contributed by atoms with E-state index < -0.39 is 12.2 Å². The molecule has 0 bridgehead atoms. The van der Waals surface area contributed by atoms with Crippen LogP contribution in [0.3, 0.4) is 0 Å². The van der Waals surface area contributed by atoms with Crippen LogP contribution in [0.4, 0.5) is 4.79 Å². The van der Waals surface area contributed by atoms with E-state index in [9.17, 15) is 9.59 Å². The molecule has 1 atom stereocenters. The molecule has 0 aromatic heterocycles. The number of allylic oxidation sites excluding steroid dienone is 10. The van der Waals surface area contributed by atoms with E-state index in [2.05, 4.69) is 78.3 Å². The fourth-order valence-corrected chi connectivity index (χ4v) is 2.81. The van der Waals surface area contributed by atoms with Gasteiger partial charge in [0.25, 0.3) is 0 Å². The number of hydrogen-bond donors (Lipinski definition) is 3. The fraction of sp³-hybridized carbons (Fsp3) is 0.556. The first-order chi connectivity index (χ1) is 16.1. The molecule has 0 radical (unpaired) electrons. The summed E-state index contributed by atoms with van der Waals surface area (Å²) in [7, 11) is 0. The van der Waals surface area contributed by atoms with Crippen LogP contribution in [0.25, 0.3) is 0 Å². The molecule has 1 unspecified atom stereocenters. The second-order valence-corrected chi connectivity index (χ2v) is 7.49. The molecular formula is C27H44N2O4. The molecule has 0 rings (SSSR count). The Morgan fingerprint density at radius 1 is 0.758 bits per heavy atom. The van der Waals surface area contributed by atoms with Gasteiger partial charge in [-0.25, -0.2) is 4.79 Å². The zero-order chi connectivity index (χ0) is 24.4. The summed E-state index contributed by atoms with van der Waals surface area (Å²) in [6, 6.07) is 0. The SMILES string of the molecule is CCC=CCC=CCC=CCC=CCC=CCCCCOC(CC)C(=O)NCCNC(=O)O. The number of unbranched alkanes of at least 4 members (excludes halogenated alkanes) is 2. The molecule has 0 aromatic rings. The normalized spacial score (nSPS) is 13.2. The quantitative estimate of drug-likeness (QED) is 0.152. The average molecular weight is 461 g/mol. The first kappa shape index (κ1) is 30.4. The number of carbonyl (C=O) groups is 2. The fourth-order valence-electron chi connectivity index (χ4n) is 2.81. The average Bonchev–Trinajstić information content (AvgIpc) is 2.80. The van der Waals surface area contributed by atoms with Crippen molar-refractivity contribution in [2.75, 3.05) is 19.7 Å². The molecule has 33 heavy (non-hydrogen) atoms. The second-order valence-electron chi connectivity index (χ2n) is 7.49. The summed E-state index contributed by atoms with van der Waals surface area (Å²) in [5.41, 5.74) is 0. The number of ether oxygens (including phenoxy) is 1. The monoisotopic (exact) mass is 460 g/mol. The first-order valence-electron chi connectivity index (χ1n) is 12.2. The van der Waals surface area contributed by atoms with Crippen LogP contribution in [0.1, 0.15) is 71.6 Å². The Hall–Kier alpha value is -2.60. The summed E-state index contributed by atoms with van der Waals surface area (Å²) >= 11 is 0. The minimum Gasteiger partial charge on any atom is -0.465 e. The van der Waals surface area contributed by atoms with Gasteiger partial charge in [0.05, 0.1) is 0 Å². The van der Waals surface area contributed by atoms with E-state index in [0.29, 0.717) is 13.0 Å². The van der Waals surface area contributed by atoms with E-state index in [1.165, 1.54) is 0 Å². The third-order valence-electron chi connectivity index (χ3n) is 4.61. The summed E-state index contributed by atoms with van der Waals surface area (Å²) in [6.45, 7) is 5.03. The molecule has 0 aromatic carbocycles. The molecule has 0 saturated carbocycles. The van der Waals surface area contributed by atoms with Crippen LogP contribution >= 0.6 is 0 Å². The topological polar surface area (TPSA) is 87.7 Å². The van der Waals surface area contributed by atoms with Crippen molar-refractivity contribution in [1.29, 1.82) is 0 Å². The molecule has 0 saturated heterocycles. The predicted octanol–water partition coefficient (Wildman–Crippen LogP) is 6.09. The molecule has 0 aliphatic rings. The van der Waals surface area contributed by atoms with Gasteiger partial charge in [0, 0.05) is 19.7 Å². The van der Waals surface area contributed by atoms with Crippen LogP contribution in [0.5, 0.6) is 0 Å². The van der Waals surface area contributed by atoms with Gasteiger partial charge in [-0.05, 0) is 57.8 Å². The maximum atomic E-state index is 12.0. The smallest absolute Gasteiger partial charge is 0.404 e. The minimum absolute atomic E-state index is 0.185. The Kier molecular flexibility index (Phi) is 22.2. The van der Waals surface area contributed by atoms with Crippen molar-refractivity contribution in [3.05, 3.63) is 60.8 Å². The molecule has 6 heteroatoms. The number of carbonyl (C=O) groups excluding carboxylic acids is 1. The van der Waals surface area contributed by atoms with E-state index in [-0.39, 0.29) is 19.0 Å². The Bertz CT molecular complexity index is 636. The van der Waals surface area contributed by atoms with Gasteiger partial charge in [-0.15, -0.1) is 0 Å². The van der Waals surface area contributed by atoms with Gasteiger partial charge >= 0.3 is 6.09 Å². The third kappa shape index (κ3) is 22.4. The number of nitrogens with one attached hydrogen (secondary N) is 2. The number of hydrogen-bond acceptors (Lipinski definition) is 3. The summed E-state index contributed by atoms with van der Waals surface area (Å²) < 4.78 is 5.66. The third-order valence-corrected chi connectivity index (χ3v) is 4.61. The Morgan fingerprint density at radius 3 is 1.79 bits per heavy atom. The summed E-state index contributed by atoms with van der Waals surface area (Å²) in [5, 5.41) is 13.4. The van der Waals surface area contributed by atoms with E-state index in [4.69, 9.17) is 9.84 Å². The second kappa shape index (κ2) is 24.1. The van der Waals surface area contributed by atoms with Gasteiger partial charge in [-0.2, -0.15) is 0 Å². The molecular weight excluding hydrogens is 416 g/mol. The highest BCUT2D eigenvalue weighted by Gasteiger charge is 2.15. The van der Waals surface area contributed by atoms with E-state index in [1.807, 2.05) is 6.92 Å². The molecule has 0 aliphatic heterocycles. The maximum absolute atomic E-state index is 12.0. The van der Waals surface area contributed by atoms with Crippen molar-refractivity contribution in [3.8, 4) is 0 Å². The van der Waals surface area contributed by atoms with Crippen LogP contribution in [0.15, 0.2) is 60.8 Å². The van der Waals surface area contributed by atoms with E-state index in [1.54, 1.807) is 0 Å². The Balaban J connectivity index is 3.67. The van der Waals surface area contributed by atoms with Crippen LogP contribution < -0.4 is 10.6 Å². The standard InChI is InChI=1S/C27H44N2O4/c1-3-5-6-7-8-9-10-11-12-13-14-15-16-17-18-19-20-21-24-33-25(4-2)26(30)28-22-23-29-27(31)32/h5-6,8-9,11-12,14-15,17-18,25,29H,3-4,7,10,13,16,19-24H2,1-2H3,(H,28,30)(H,31,32). The Morgan fingerprint density at radius 2 is 1.27 bits per heavy atom. The number of rotatable bonds is 20. The number of carboxylic acid groups (broad SMARTS) is 1. The van der Waals surface area contributed by atoms with Crippen molar-refractivity contribution < 1.29 is 19.4 Å². The summed E-state index contributed by atoms with van der Waals surface area (Å²) in [5.74, 6) is -0.192. The molecule has 3 N–H and O–H groups in total. The van der Waals surface area contributed by atoms with Crippen LogP contribution in [0.2, 0.25) is 0 Å². The van der Waals surface area contributed by atoms with Crippen molar-refractivity contribution in [1.82, 2.24) is 10.6 Å². The molecule has 6 nitrogen and oxygen atoms in total. The highest BCUT2D eigenvalue weighted by Crippen LogP contribution is 2.04. The maximum Gasteiger partial charge on any atom is 0.404 e. The van der Waals surface area contributed by atoms with Gasteiger partial charge in [-0.1, -0.05) is 74.6 Å². The molecule has 2 amide bonds. The van der Waals surface area contributed by atoms with Gasteiger partial charge in [-0.3, -0.25) is 4.79 Å². The molecule has 0 spiro atoms. The van der Waals surface area contributed by atoms with Crippen LogP contribution in [0, 0.1) is 0 Å². The molecule has 186 valence electrons. The van der Waals surface area contributed by atoms with Crippen molar-refractivity contribution >= 4 is 12.0 Å². The van der Waals surface area contributed by atoms with Gasteiger partial charge in [0.15, 0.2) is 0 Å². The van der Waals surface area contributed by atoms with Gasteiger partial charge in [0.1, 0.15) is 6.10 Å². The first-order valence-corrected chi connectivity index (χ1v) is 12.2. The Labute approximate surface area is 200 Å². The van der Waals surface area contributed by atoms with Gasteiger partial charge in [0.2, 0.25) is 5.91 Å². The highest BCUT2D eigenvalue weighted by atomic mass is 16.5. The van der Waals surface area contributed by atoms with E-state index in [0.717, 1.165) is 51.4 Å². The zero-order valence-corrected chi connectivity index (χ0v) is 20.5. The van der Waals surface area contributed by atoms with Crippen molar-refractivity contribution in [3.63, 3.8) is 0 Å². The van der Waals surface area contributed by atoms with Crippen molar-refractivity contribution in [2.24, 2.45) is 0 Å². The summed E-state index contributed by atoms with van der Waals surface area (Å²) in [4.78, 5) is 22.4. The van der Waals surface area contributed by atoms with Crippen LogP contribution in [-0.4, -0.2) is 42.9 Å². The lowest BCUT2D eigenvalue weighted by molar-refractivity contribution is -0.133. The predicted molar refractivity (Wildman–Crippen MR) is 137 cm³/mol. The van der Waals surface area contributed by atoms with E-state index >= 15 is 0 Å². The molecule has 0 aliphatic carbocycles. The van der Waals surface area contributed by atoms with Crippen molar-refractivity contribution in [2.45, 2.75) is 77.7 Å². The lowest BCUT2D eigenvalue weighted by Gasteiger charge is -2.15. The largest absolute Gasteiger partial charge is 0.465 e. The van der Waals surface area contributed by atoms with Crippen LogP contribution in [-0.2, 0) is 9.53 Å². The lowest BCUT2D eigenvalue weighted by atomic mass is 10.2. The lowest BCUT2D eigenvalue weighted by Crippen LogP contribution is -2.40. The molecule has 0 fully saturated rings. The zero-order valence-electron chi connectivity index (χ0n) is 20.5. The highest BCUT2D eigenvalue weighted by molar-refractivity contribution is 5.80. The number of amides is 2. The molecule has 0 heterocycles. The minimum atomic E-state index is -1.10.